The first-order valence-corrected chi connectivity index (χ1v) is 6.63. The molecule has 96 valence electrons. The van der Waals surface area contributed by atoms with Gasteiger partial charge in [-0.05, 0) is 44.4 Å². The third-order valence-electron chi connectivity index (χ3n) is 3.51. The summed E-state index contributed by atoms with van der Waals surface area (Å²) >= 11 is 0. The maximum Gasteiger partial charge on any atom is 0.303 e. The van der Waals surface area contributed by atoms with E-state index >= 15 is 0 Å². The van der Waals surface area contributed by atoms with Crippen molar-refractivity contribution in [3.8, 4) is 0 Å². The number of aliphatic carboxylic acids is 1. The summed E-state index contributed by atoms with van der Waals surface area (Å²) in [5, 5.41) is 8.89. The van der Waals surface area contributed by atoms with Crippen molar-refractivity contribution in [2.75, 3.05) is 0 Å². The van der Waals surface area contributed by atoms with Crippen LogP contribution in [0.1, 0.15) is 52.4 Å². The van der Waals surface area contributed by atoms with E-state index in [1.54, 1.807) is 0 Å². The first kappa shape index (κ1) is 14.0. The summed E-state index contributed by atoms with van der Waals surface area (Å²) in [6, 6.07) is 0. The van der Waals surface area contributed by atoms with Gasteiger partial charge in [-0.2, -0.15) is 0 Å². The van der Waals surface area contributed by atoms with E-state index in [1.807, 2.05) is 0 Å². The zero-order valence-corrected chi connectivity index (χ0v) is 11.0. The highest BCUT2D eigenvalue weighted by molar-refractivity contribution is 5.67. The highest BCUT2D eigenvalue weighted by Crippen LogP contribution is 2.23. The molecule has 0 spiro atoms. The first-order chi connectivity index (χ1) is 8.08. The number of hydrogen-bond donors (Lipinski definition) is 1. The molecule has 2 unspecified atom stereocenters. The minimum absolute atomic E-state index is 0.303. The van der Waals surface area contributed by atoms with E-state index in [0.29, 0.717) is 18.3 Å². The zero-order chi connectivity index (χ0) is 12.7. The molecule has 0 radical (unpaired) electrons. The lowest BCUT2D eigenvalue weighted by atomic mass is 9.90. The quantitative estimate of drug-likeness (QED) is 0.781. The van der Waals surface area contributed by atoms with Crippen molar-refractivity contribution in [3.63, 3.8) is 0 Å². The Kier molecular flexibility index (Phi) is 6.03. The average Bonchev–Trinajstić information content (AvgIpc) is 2.26. The van der Waals surface area contributed by atoms with Gasteiger partial charge in [0, 0.05) is 6.42 Å². The predicted molar refractivity (Wildman–Crippen MR) is 70.9 cm³/mol. The van der Waals surface area contributed by atoms with E-state index in [0.717, 1.165) is 25.7 Å². The van der Waals surface area contributed by atoms with Crippen molar-refractivity contribution in [2.45, 2.75) is 52.4 Å². The molecule has 1 aliphatic rings. The summed E-state index contributed by atoms with van der Waals surface area (Å²) in [5.74, 6) is 0.337. The normalized spacial score (nSPS) is 28.9. The predicted octanol–water partition coefficient (Wildman–Crippen LogP) is 4.18. The lowest BCUT2D eigenvalue weighted by molar-refractivity contribution is -0.138. The van der Waals surface area contributed by atoms with Crippen LogP contribution in [0.5, 0.6) is 0 Å². The van der Waals surface area contributed by atoms with Gasteiger partial charge in [-0.3, -0.25) is 4.79 Å². The van der Waals surface area contributed by atoms with E-state index in [2.05, 4.69) is 32.1 Å². The molecular formula is C15H24O2. The fourth-order valence-corrected chi connectivity index (χ4v) is 2.32. The Morgan fingerprint density at radius 3 is 2.88 bits per heavy atom. The number of hydrogen-bond acceptors (Lipinski definition) is 1. The van der Waals surface area contributed by atoms with Crippen LogP contribution in [-0.2, 0) is 4.79 Å². The summed E-state index contributed by atoms with van der Waals surface area (Å²) < 4.78 is 0. The summed E-state index contributed by atoms with van der Waals surface area (Å²) in [6.45, 7) is 4.39. The average molecular weight is 236 g/mol. The van der Waals surface area contributed by atoms with Crippen LogP contribution in [0.25, 0.3) is 0 Å². The van der Waals surface area contributed by atoms with Crippen LogP contribution in [0.3, 0.4) is 0 Å². The van der Waals surface area contributed by atoms with Crippen LogP contribution in [0, 0.1) is 11.8 Å². The summed E-state index contributed by atoms with van der Waals surface area (Å²) in [6.07, 6.45) is 12.3. The summed E-state index contributed by atoms with van der Waals surface area (Å²) in [7, 11) is 0. The van der Waals surface area contributed by atoms with Gasteiger partial charge in [0.15, 0.2) is 0 Å². The molecular weight excluding hydrogens is 212 g/mol. The van der Waals surface area contributed by atoms with Crippen LogP contribution in [0.4, 0.5) is 0 Å². The molecule has 0 fully saturated rings. The molecule has 1 N–H and O–H groups in total. The first-order valence-electron chi connectivity index (χ1n) is 6.63. The molecule has 17 heavy (non-hydrogen) atoms. The van der Waals surface area contributed by atoms with E-state index < -0.39 is 5.97 Å². The van der Waals surface area contributed by atoms with Gasteiger partial charge in [0.05, 0.1) is 0 Å². The van der Waals surface area contributed by atoms with Gasteiger partial charge in [0.2, 0.25) is 0 Å². The molecule has 2 nitrogen and oxygen atoms in total. The van der Waals surface area contributed by atoms with Gasteiger partial charge < -0.3 is 5.11 Å². The van der Waals surface area contributed by atoms with Gasteiger partial charge >= 0.3 is 5.97 Å². The minimum Gasteiger partial charge on any atom is -0.481 e. The Balaban J connectivity index is 2.61. The number of allylic oxidation sites excluding steroid dienone is 4. The van der Waals surface area contributed by atoms with Crippen LogP contribution >= 0.6 is 0 Å². The third kappa shape index (κ3) is 6.30. The number of carboxylic acid groups (broad SMARTS) is 1. The second kappa shape index (κ2) is 7.31. The van der Waals surface area contributed by atoms with Crippen LogP contribution < -0.4 is 0 Å². The maximum atomic E-state index is 10.8. The van der Waals surface area contributed by atoms with Crippen LogP contribution in [0.2, 0.25) is 0 Å². The lowest BCUT2D eigenvalue weighted by Crippen LogP contribution is -2.09. The number of carboxylic acids is 1. The van der Waals surface area contributed by atoms with Crippen molar-refractivity contribution < 1.29 is 9.90 Å². The van der Waals surface area contributed by atoms with Crippen molar-refractivity contribution in [2.24, 2.45) is 11.8 Å². The van der Waals surface area contributed by atoms with E-state index in [1.165, 1.54) is 12.0 Å². The van der Waals surface area contributed by atoms with Crippen molar-refractivity contribution in [3.05, 3.63) is 23.8 Å². The van der Waals surface area contributed by atoms with Crippen molar-refractivity contribution >= 4 is 5.97 Å². The largest absolute Gasteiger partial charge is 0.481 e. The number of carbonyl (C=O) groups is 1. The second-order valence-electron chi connectivity index (χ2n) is 5.31. The molecule has 0 aromatic rings. The van der Waals surface area contributed by atoms with Gasteiger partial charge in [-0.15, -0.1) is 0 Å². The van der Waals surface area contributed by atoms with Gasteiger partial charge in [0.1, 0.15) is 0 Å². The highest BCUT2D eigenvalue weighted by atomic mass is 16.4. The molecule has 0 saturated carbocycles. The fourth-order valence-electron chi connectivity index (χ4n) is 2.32. The molecule has 0 aliphatic heterocycles. The number of rotatable bonds is 2. The standard InChI is InChI=1S/C15H24O2/c1-12-5-3-6-13(2)9-10-14(8-4-7-12)11-15(16)17/h4-5,7,13-14H,3,6,8-11H2,1-2H3,(H,16,17)/b7-4+,12-5?. The van der Waals surface area contributed by atoms with Gasteiger partial charge in [-0.1, -0.05) is 37.1 Å². The van der Waals surface area contributed by atoms with E-state index in [9.17, 15) is 4.79 Å². The minimum atomic E-state index is -0.668. The molecule has 1 rings (SSSR count). The van der Waals surface area contributed by atoms with Crippen LogP contribution in [0.15, 0.2) is 23.8 Å². The maximum absolute atomic E-state index is 10.8. The van der Waals surface area contributed by atoms with Crippen LogP contribution in [-0.4, -0.2) is 11.1 Å². The Hall–Kier alpha value is -1.05. The molecule has 0 bridgehead atoms. The molecule has 0 amide bonds. The van der Waals surface area contributed by atoms with Gasteiger partial charge in [-0.25, -0.2) is 0 Å². The SMILES string of the molecule is CC1=CCCC(C)CCC(CC(=O)O)C/C=C/1. The molecule has 2 atom stereocenters. The molecule has 0 aromatic carbocycles. The molecule has 0 aromatic heterocycles. The lowest BCUT2D eigenvalue weighted by Gasteiger charge is -2.15. The van der Waals surface area contributed by atoms with Crippen molar-refractivity contribution in [1.29, 1.82) is 0 Å². The molecule has 0 heterocycles. The topological polar surface area (TPSA) is 37.3 Å². The third-order valence-corrected chi connectivity index (χ3v) is 3.51. The molecule has 2 heteroatoms. The Bertz CT molecular complexity index is 302. The summed E-state index contributed by atoms with van der Waals surface area (Å²) in [5.41, 5.74) is 1.30. The fraction of sp³-hybridized carbons (Fsp3) is 0.667. The molecule has 1 aliphatic carbocycles. The Morgan fingerprint density at radius 1 is 1.41 bits per heavy atom. The van der Waals surface area contributed by atoms with E-state index in [-0.39, 0.29) is 0 Å². The highest BCUT2D eigenvalue weighted by Gasteiger charge is 2.14. The second-order valence-corrected chi connectivity index (χ2v) is 5.31. The Morgan fingerprint density at radius 2 is 2.18 bits per heavy atom. The summed E-state index contributed by atoms with van der Waals surface area (Å²) in [4.78, 5) is 10.8. The monoisotopic (exact) mass is 236 g/mol. The van der Waals surface area contributed by atoms with Gasteiger partial charge in [0.25, 0.3) is 0 Å². The van der Waals surface area contributed by atoms with Crippen molar-refractivity contribution in [1.82, 2.24) is 0 Å². The molecule has 0 saturated heterocycles. The van der Waals surface area contributed by atoms with E-state index in [4.69, 9.17) is 5.11 Å². The zero-order valence-electron chi connectivity index (χ0n) is 11.0. The Labute approximate surface area is 104 Å². The smallest absolute Gasteiger partial charge is 0.303 e.